The van der Waals surface area contributed by atoms with Gasteiger partial charge in [0.1, 0.15) is 17.3 Å². The molecule has 0 spiro atoms. The van der Waals surface area contributed by atoms with Crippen LogP contribution in [0.2, 0.25) is 0 Å². The van der Waals surface area contributed by atoms with Crippen molar-refractivity contribution in [2.45, 2.75) is 32.1 Å². The zero-order valence-corrected chi connectivity index (χ0v) is 18.9. The van der Waals surface area contributed by atoms with Crippen molar-refractivity contribution in [3.63, 3.8) is 0 Å². The first-order chi connectivity index (χ1) is 15.0. The number of ether oxygens (including phenoxy) is 2. The second-order valence-electron chi connectivity index (χ2n) is 7.85. The van der Waals surface area contributed by atoms with Gasteiger partial charge in [0, 0.05) is 29.9 Å². The third kappa shape index (κ3) is 5.51. The fourth-order valence-electron chi connectivity index (χ4n) is 3.49. The number of thioether (sulfide) groups is 1. The van der Waals surface area contributed by atoms with E-state index in [9.17, 15) is 4.79 Å². The summed E-state index contributed by atoms with van der Waals surface area (Å²) < 4.78 is 16.6. The maximum absolute atomic E-state index is 12.7. The van der Waals surface area contributed by atoms with Crippen LogP contribution in [-0.2, 0) is 25.1 Å². The average Bonchev–Trinajstić information content (AvgIpc) is 3.36. The molecule has 0 saturated heterocycles. The topological polar surface area (TPSA) is 80.6 Å². The lowest BCUT2D eigenvalue weighted by Crippen LogP contribution is -2.19. The summed E-state index contributed by atoms with van der Waals surface area (Å²) in [6.45, 7) is 2.93. The van der Waals surface area contributed by atoms with Crippen LogP contribution in [-0.4, -0.2) is 41.5 Å². The maximum atomic E-state index is 12.7. The Bertz CT molecular complexity index is 1110. The van der Waals surface area contributed by atoms with Crippen molar-refractivity contribution in [3.8, 4) is 11.5 Å². The number of aromatic amines is 1. The molecule has 7 nitrogen and oxygen atoms in total. The van der Waals surface area contributed by atoms with E-state index in [2.05, 4.69) is 14.9 Å². The molecule has 4 rings (SSSR count). The minimum absolute atomic E-state index is 0.0791. The number of aryl methyl sites for hydroxylation is 2. The lowest BCUT2D eigenvalue weighted by atomic mass is 10.0. The van der Waals surface area contributed by atoms with Gasteiger partial charge >= 0.3 is 0 Å². The molecule has 8 heteroatoms. The van der Waals surface area contributed by atoms with Crippen LogP contribution in [0.25, 0.3) is 0 Å². The minimum atomic E-state index is -0.0791. The highest BCUT2D eigenvalue weighted by atomic mass is 32.2. The molecule has 0 radical (unpaired) electrons. The van der Waals surface area contributed by atoms with E-state index < -0.39 is 0 Å². The van der Waals surface area contributed by atoms with Gasteiger partial charge in [0.05, 0.1) is 12.3 Å². The average molecular weight is 442 g/mol. The zero-order chi connectivity index (χ0) is 21.8. The Hall–Kier alpha value is -2.71. The van der Waals surface area contributed by atoms with Crippen LogP contribution >= 0.6 is 11.8 Å². The van der Waals surface area contributed by atoms with Crippen molar-refractivity contribution in [3.05, 3.63) is 74.9 Å². The molecule has 2 aromatic heterocycles. The highest BCUT2D eigenvalue weighted by Crippen LogP contribution is 2.33. The quantitative estimate of drug-likeness (QED) is 0.509. The first-order valence-corrected chi connectivity index (χ1v) is 11.4. The number of fused-ring (bicyclic) bond motifs is 1. The largest absolute Gasteiger partial charge is 0.464 e. The van der Waals surface area contributed by atoms with Crippen LogP contribution in [0, 0.1) is 6.92 Å². The third-order valence-electron chi connectivity index (χ3n) is 5.01. The second-order valence-corrected chi connectivity index (χ2v) is 8.95. The number of nitrogens with one attached hydrogen (secondary N) is 1. The summed E-state index contributed by atoms with van der Waals surface area (Å²) in [6.07, 6.45) is 1.21. The SMILES string of the molecule is Cc1nc(CCSCc2ccc(CN(C)C)o2)[nH]c(=O)c1Cc1ccc2c(c1)OCO2. The first-order valence-electron chi connectivity index (χ1n) is 10.2. The summed E-state index contributed by atoms with van der Waals surface area (Å²) in [5.41, 5.74) is 2.36. The van der Waals surface area contributed by atoms with Crippen molar-refractivity contribution in [1.82, 2.24) is 14.9 Å². The van der Waals surface area contributed by atoms with Crippen molar-refractivity contribution in [2.24, 2.45) is 0 Å². The first kappa shape index (κ1) is 21.5. The highest BCUT2D eigenvalue weighted by Gasteiger charge is 2.15. The van der Waals surface area contributed by atoms with E-state index in [0.29, 0.717) is 18.4 Å². The van der Waals surface area contributed by atoms with E-state index in [1.54, 1.807) is 11.8 Å². The second kappa shape index (κ2) is 9.62. The molecule has 31 heavy (non-hydrogen) atoms. The van der Waals surface area contributed by atoms with E-state index in [1.807, 2.05) is 51.4 Å². The number of hydrogen-bond donors (Lipinski definition) is 1. The van der Waals surface area contributed by atoms with E-state index in [4.69, 9.17) is 13.9 Å². The van der Waals surface area contributed by atoms with Gasteiger partial charge in [-0.25, -0.2) is 4.98 Å². The third-order valence-corrected chi connectivity index (χ3v) is 5.99. The Labute approximate surface area is 185 Å². The van der Waals surface area contributed by atoms with Crippen LogP contribution in [0.5, 0.6) is 11.5 Å². The lowest BCUT2D eigenvalue weighted by Gasteiger charge is -2.08. The van der Waals surface area contributed by atoms with Gasteiger partial charge in [0.25, 0.3) is 5.56 Å². The van der Waals surface area contributed by atoms with Gasteiger partial charge in [0.15, 0.2) is 11.5 Å². The minimum Gasteiger partial charge on any atom is -0.464 e. The molecule has 0 amide bonds. The van der Waals surface area contributed by atoms with E-state index in [1.165, 1.54) is 0 Å². The van der Waals surface area contributed by atoms with Gasteiger partial charge in [0.2, 0.25) is 6.79 Å². The summed E-state index contributed by atoms with van der Waals surface area (Å²) in [4.78, 5) is 22.3. The molecular weight excluding hydrogens is 414 g/mol. The van der Waals surface area contributed by atoms with Crippen molar-refractivity contribution >= 4 is 11.8 Å². The molecule has 1 aromatic carbocycles. The van der Waals surface area contributed by atoms with Crippen molar-refractivity contribution in [1.29, 1.82) is 0 Å². The fourth-order valence-corrected chi connectivity index (χ4v) is 4.33. The smallest absolute Gasteiger partial charge is 0.254 e. The number of rotatable bonds is 9. The monoisotopic (exact) mass is 441 g/mol. The standard InChI is InChI=1S/C23H27N3O4S/c1-15-19(10-16-4-7-20-21(11-16)29-14-28-20)23(27)25-22(24-15)8-9-31-13-18-6-5-17(30-18)12-26(2)3/h4-7,11H,8-10,12-14H2,1-3H3,(H,24,25,27). The van der Waals surface area contributed by atoms with Crippen LogP contribution in [0.3, 0.4) is 0 Å². The van der Waals surface area contributed by atoms with Crippen LogP contribution < -0.4 is 15.0 Å². The number of aromatic nitrogens is 2. The van der Waals surface area contributed by atoms with E-state index in [0.717, 1.165) is 58.2 Å². The molecule has 0 bridgehead atoms. The maximum Gasteiger partial charge on any atom is 0.254 e. The molecule has 0 aliphatic carbocycles. The molecule has 0 unspecified atom stereocenters. The number of benzene rings is 1. The van der Waals surface area contributed by atoms with E-state index in [-0.39, 0.29) is 12.4 Å². The van der Waals surface area contributed by atoms with Crippen molar-refractivity contribution in [2.75, 3.05) is 26.6 Å². The molecule has 0 atom stereocenters. The van der Waals surface area contributed by atoms with Gasteiger partial charge < -0.3 is 23.8 Å². The Balaban J connectivity index is 1.32. The number of hydrogen-bond acceptors (Lipinski definition) is 7. The Morgan fingerprint density at radius 2 is 1.94 bits per heavy atom. The predicted octanol–water partition coefficient (Wildman–Crippen LogP) is 3.53. The summed E-state index contributed by atoms with van der Waals surface area (Å²) >= 11 is 1.77. The van der Waals surface area contributed by atoms with Crippen LogP contribution in [0.4, 0.5) is 0 Å². The number of nitrogens with zero attached hydrogens (tertiary/aromatic N) is 2. The molecule has 164 valence electrons. The number of furan rings is 1. The van der Waals surface area contributed by atoms with Gasteiger partial charge in [-0.15, -0.1) is 0 Å². The summed E-state index contributed by atoms with van der Waals surface area (Å²) in [5.74, 6) is 5.78. The Morgan fingerprint density at radius 3 is 2.74 bits per heavy atom. The summed E-state index contributed by atoms with van der Waals surface area (Å²) in [7, 11) is 4.04. The molecule has 0 saturated carbocycles. The Morgan fingerprint density at radius 1 is 1.13 bits per heavy atom. The normalized spacial score (nSPS) is 12.6. The Kier molecular flexibility index (Phi) is 6.67. The molecule has 3 aromatic rings. The van der Waals surface area contributed by atoms with Gasteiger partial charge in [-0.1, -0.05) is 6.07 Å². The fraction of sp³-hybridized carbons (Fsp3) is 0.391. The van der Waals surface area contributed by atoms with Gasteiger partial charge in [-0.2, -0.15) is 11.8 Å². The van der Waals surface area contributed by atoms with Crippen molar-refractivity contribution < 1.29 is 13.9 Å². The number of H-pyrrole nitrogens is 1. The van der Waals surface area contributed by atoms with Crippen LogP contribution in [0.1, 0.15) is 34.2 Å². The molecule has 1 aliphatic heterocycles. The summed E-state index contributed by atoms with van der Waals surface area (Å²) in [6, 6.07) is 9.81. The summed E-state index contributed by atoms with van der Waals surface area (Å²) in [5, 5.41) is 0. The molecule has 0 fully saturated rings. The van der Waals surface area contributed by atoms with E-state index >= 15 is 0 Å². The molecular formula is C23H27N3O4S. The lowest BCUT2D eigenvalue weighted by molar-refractivity contribution is 0.174. The van der Waals surface area contributed by atoms with Crippen LogP contribution in [0.15, 0.2) is 39.5 Å². The molecule has 3 heterocycles. The van der Waals surface area contributed by atoms with Gasteiger partial charge in [-0.3, -0.25) is 4.79 Å². The molecule has 1 N–H and O–H groups in total. The zero-order valence-electron chi connectivity index (χ0n) is 18.1. The molecule has 1 aliphatic rings. The highest BCUT2D eigenvalue weighted by molar-refractivity contribution is 7.98. The predicted molar refractivity (Wildman–Crippen MR) is 121 cm³/mol. The van der Waals surface area contributed by atoms with Gasteiger partial charge in [-0.05, 0) is 50.8 Å².